The lowest BCUT2D eigenvalue weighted by Gasteiger charge is -2.38. The summed E-state index contributed by atoms with van der Waals surface area (Å²) < 4.78 is 4.00. The maximum absolute atomic E-state index is 12.2. The molecule has 7 nitrogen and oxygen atoms in total. The summed E-state index contributed by atoms with van der Waals surface area (Å²) >= 11 is 1.14. The lowest BCUT2D eigenvalue weighted by molar-refractivity contribution is -0.138. The van der Waals surface area contributed by atoms with Crippen molar-refractivity contribution in [3.05, 3.63) is 5.82 Å². The van der Waals surface area contributed by atoms with E-state index in [9.17, 15) is 9.59 Å². The van der Waals surface area contributed by atoms with Crippen LogP contribution in [0.4, 0.5) is 9.93 Å². The zero-order valence-corrected chi connectivity index (χ0v) is 12.0. The summed E-state index contributed by atoms with van der Waals surface area (Å²) in [6.45, 7) is 4.75. The van der Waals surface area contributed by atoms with Gasteiger partial charge in [-0.05, 0) is 13.3 Å². The molecule has 1 aliphatic heterocycles. The van der Waals surface area contributed by atoms with Crippen LogP contribution in [0.5, 0.6) is 0 Å². The third kappa shape index (κ3) is 2.83. The van der Waals surface area contributed by atoms with Gasteiger partial charge in [-0.25, -0.2) is 9.78 Å². The molecule has 0 bridgehead atoms. The highest BCUT2D eigenvalue weighted by molar-refractivity contribution is 7.09. The Morgan fingerprint density at radius 3 is 2.84 bits per heavy atom. The standard InChI is InChI=1S/C11H17N5O2S/c1-4-8-9(17)15(3)5-6-16(8)11(18)13-10-12-7(2)14-19-10/h8H,4-6H2,1-3H3,(H,12,13,14,18)/t8-/m1/s1. The fourth-order valence-electron chi connectivity index (χ4n) is 2.06. The van der Waals surface area contributed by atoms with Gasteiger partial charge < -0.3 is 9.80 Å². The van der Waals surface area contributed by atoms with E-state index in [1.165, 1.54) is 0 Å². The lowest BCUT2D eigenvalue weighted by atomic mass is 10.1. The van der Waals surface area contributed by atoms with Gasteiger partial charge in [0.15, 0.2) is 0 Å². The molecule has 1 aromatic heterocycles. The van der Waals surface area contributed by atoms with Gasteiger partial charge in [-0.1, -0.05) is 6.92 Å². The number of rotatable bonds is 2. The summed E-state index contributed by atoms with van der Waals surface area (Å²) in [6.07, 6.45) is 0.603. The second-order valence-corrected chi connectivity index (χ2v) is 5.21. The van der Waals surface area contributed by atoms with E-state index in [4.69, 9.17) is 0 Å². The summed E-state index contributed by atoms with van der Waals surface area (Å²) in [6, 6.07) is -0.683. The summed E-state index contributed by atoms with van der Waals surface area (Å²) in [4.78, 5) is 31.5. The van der Waals surface area contributed by atoms with Crippen molar-refractivity contribution in [2.45, 2.75) is 26.3 Å². The molecule has 19 heavy (non-hydrogen) atoms. The largest absolute Gasteiger partial charge is 0.342 e. The second-order valence-electron chi connectivity index (χ2n) is 4.45. The van der Waals surface area contributed by atoms with Crippen molar-refractivity contribution in [2.24, 2.45) is 0 Å². The van der Waals surface area contributed by atoms with Gasteiger partial charge in [-0.3, -0.25) is 10.1 Å². The van der Waals surface area contributed by atoms with E-state index in [-0.39, 0.29) is 11.9 Å². The maximum atomic E-state index is 12.2. The number of hydrogen-bond acceptors (Lipinski definition) is 5. The number of carbonyl (C=O) groups excluding carboxylic acids is 2. The Hall–Kier alpha value is -1.70. The minimum atomic E-state index is -0.396. The normalized spacial score (nSPS) is 19.7. The molecule has 0 saturated carbocycles. The molecule has 1 aromatic rings. The molecule has 0 aromatic carbocycles. The average molecular weight is 283 g/mol. The van der Waals surface area contributed by atoms with Crippen molar-refractivity contribution < 1.29 is 9.59 Å². The third-order valence-electron chi connectivity index (χ3n) is 3.10. The van der Waals surface area contributed by atoms with E-state index >= 15 is 0 Å². The van der Waals surface area contributed by atoms with E-state index in [1.807, 2.05) is 6.92 Å². The van der Waals surface area contributed by atoms with Crippen LogP contribution in [0, 0.1) is 6.92 Å². The van der Waals surface area contributed by atoms with Gasteiger partial charge in [0.1, 0.15) is 11.9 Å². The molecule has 8 heteroatoms. The molecule has 0 unspecified atom stereocenters. The smallest absolute Gasteiger partial charge is 0.324 e. The molecule has 1 N–H and O–H groups in total. The molecule has 0 aliphatic carbocycles. The monoisotopic (exact) mass is 283 g/mol. The zero-order valence-electron chi connectivity index (χ0n) is 11.2. The highest BCUT2D eigenvalue weighted by Crippen LogP contribution is 2.16. The van der Waals surface area contributed by atoms with Gasteiger partial charge in [0.2, 0.25) is 11.0 Å². The van der Waals surface area contributed by atoms with E-state index in [2.05, 4.69) is 14.7 Å². The number of anilines is 1. The van der Waals surface area contributed by atoms with Crippen LogP contribution in [0.25, 0.3) is 0 Å². The molecular formula is C11H17N5O2S. The predicted molar refractivity (Wildman–Crippen MR) is 72.1 cm³/mol. The van der Waals surface area contributed by atoms with Gasteiger partial charge in [-0.2, -0.15) is 4.37 Å². The van der Waals surface area contributed by atoms with Gasteiger partial charge in [0.05, 0.1) is 0 Å². The Kier molecular flexibility index (Phi) is 3.98. The Morgan fingerprint density at radius 2 is 2.26 bits per heavy atom. The van der Waals surface area contributed by atoms with Crippen molar-refractivity contribution in [3.8, 4) is 0 Å². The van der Waals surface area contributed by atoms with E-state index in [0.717, 1.165) is 11.5 Å². The summed E-state index contributed by atoms with van der Waals surface area (Å²) in [7, 11) is 1.76. The molecule has 1 saturated heterocycles. The van der Waals surface area contributed by atoms with E-state index in [0.29, 0.717) is 30.5 Å². The highest BCUT2D eigenvalue weighted by Gasteiger charge is 2.34. The molecule has 1 atom stereocenters. The average Bonchev–Trinajstić information content (AvgIpc) is 2.77. The molecule has 0 radical (unpaired) electrons. The van der Waals surface area contributed by atoms with Gasteiger partial charge in [-0.15, -0.1) is 0 Å². The molecule has 0 spiro atoms. The Labute approximate surface area is 115 Å². The quantitative estimate of drug-likeness (QED) is 0.876. The lowest BCUT2D eigenvalue weighted by Crippen LogP contribution is -2.58. The predicted octanol–water partition coefficient (Wildman–Crippen LogP) is 0.931. The number of carbonyl (C=O) groups is 2. The molecule has 104 valence electrons. The van der Waals surface area contributed by atoms with Crippen LogP contribution >= 0.6 is 11.5 Å². The van der Waals surface area contributed by atoms with E-state index in [1.54, 1.807) is 23.8 Å². The number of piperazine rings is 1. The Morgan fingerprint density at radius 1 is 1.53 bits per heavy atom. The van der Waals surface area contributed by atoms with Crippen LogP contribution in [0.1, 0.15) is 19.2 Å². The number of likely N-dealkylation sites (N-methyl/N-ethyl adjacent to an activating group) is 1. The first-order valence-corrected chi connectivity index (χ1v) is 6.93. The zero-order chi connectivity index (χ0) is 14.0. The molecule has 1 fully saturated rings. The summed E-state index contributed by atoms with van der Waals surface area (Å²) in [5.74, 6) is 0.610. The molecule has 2 heterocycles. The second kappa shape index (κ2) is 5.52. The van der Waals surface area contributed by atoms with Gasteiger partial charge in [0.25, 0.3) is 0 Å². The first-order valence-electron chi connectivity index (χ1n) is 6.15. The molecule has 1 aliphatic rings. The Balaban J connectivity index is 2.07. The number of amides is 3. The van der Waals surface area contributed by atoms with Gasteiger partial charge >= 0.3 is 6.03 Å². The molecule has 2 rings (SSSR count). The fraction of sp³-hybridized carbons (Fsp3) is 0.636. The van der Waals surface area contributed by atoms with Crippen molar-refractivity contribution >= 4 is 28.6 Å². The SMILES string of the molecule is CC[C@@H]1C(=O)N(C)CCN1C(=O)Nc1nc(C)ns1. The topological polar surface area (TPSA) is 78.4 Å². The van der Waals surface area contributed by atoms with Crippen LogP contribution < -0.4 is 5.32 Å². The maximum Gasteiger partial charge on any atom is 0.324 e. The highest BCUT2D eigenvalue weighted by atomic mass is 32.1. The summed E-state index contributed by atoms with van der Waals surface area (Å²) in [5.41, 5.74) is 0. The van der Waals surface area contributed by atoms with Crippen molar-refractivity contribution in [1.29, 1.82) is 0 Å². The summed E-state index contributed by atoms with van der Waals surface area (Å²) in [5, 5.41) is 3.16. The van der Waals surface area contributed by atoms with Gasteiger partial charge in [0, 0.05) is 31.7 Å². The van der Waals surface area contributed by atoms with Crippen molar-refractivity contribution in [2.75, 3.05) is 25.5 Å². The molecule has 3 amide bonds. The van der Waals surface area contributed by atoms with Crippen LogP contribution in [-0.4, -0.2) is 57.3 Å². The third-order valence-corrected chi connectivity index (χ3v) is 3.82. The molecular weight excluding hydrogens is 266 g/mol. The number of nitrogens with zero attached hydrogens (tertiary/aromatic N) is 4. The van der Waals surface area contributed by atoms with Crippen molar-refractivity contribution in [3.63, 3.8) is 0 Å². The van der Waals surface area contributed by atoms with Crippen LogP contribution in [-0.2, 0) is 4.79 Å². The first kappa shape index (κ1) is 13.7. The minimum absolute atomic E-state index is 0.0163. The van der Waals surface area contributed by atoms with E-state index < -0.39 is 6.04 Å². The number of aryl methyl sites for hydroxylation is 1. The number of aromatic nitrogens is 2. The first-order chi connectivity index (χ1) is 9.02. The number of hydrogen-bond donors (Lipinski definition) is 1. The fourth-order valence-corrected chi connectivity index (χ4v) is 2.63. The number of nitrogens with one attached hydrogen (secondary N) is 1. The Bertz CT molecular complexity index is 489. The van der Waals surface area contributed by atoms with Crippen molar-refractivity contribution in [1.82, 2.24) is 19.2 Å². The number of urea groups is 1. The van der Waals surface area contributed by atoms with Crippen LogP contribution in [0.2, 0.25) is 0 Å². The van der Waals surface area contributed by atoms with Crippen LogP contribution in [0.3, 0.4) is 0 Å². The minimum Gasteiger partial charge on any atom is -0.342 e. The van der Waals surface area contributed by atoms with Crippen LogP contribution in [0.15, 0.2) is 0 Å².